The molecule has 3 aliphatic rings. The monoisotopic (exact) mass is 375 g/mol. The molecule has 2 unspecified atom stereocenters. The average molecular weight is 375 g/mol. The van der Waals surface area contributed by atoms with E-state index in [0.29, 0.717) is 11.6 Å². The van der Waals surface area contributed by atoms with Crippen molar-refractivity contribution in [2.24, 2.45) is 0 Å². The van der Waals surface area contributed by atoms with Gasteiger partial charge in [-0.2, -0.15) is 0 Å². The summed E-state index contributed by atoms with van der Waals surface area (Å²) < 4.78 is 13.0. The van der Waals surface area contributed by atoms with Crippen LogP contribution in [-0.4, -0.2) is 64.2 Å². The van der Waals surface area contributed by atoms with Crippen LogP contribution in [0.5, 0.6) is 0 Å². The summed E-state index contributed by atoms with van der Waals surface area (Å²) >= 11 is 0. The Hall–Kier alpha value is -2.15. The number of carboxylic acid groups (broad SMARTS) is 1. The molecule has 1 aromatic carbocycles. The topological polar surface area (TPSA) is 72.9 Å². The molecule has 3 saturated heterocycles. The van der Waals surface area contributed by atoms with Crippen LogP contribution in [0.4, 0.5) is 9.18 Å². The molecule has 0 saturated carbocycles. The molecule has 4 rings (SSSR count). The summed E-state index contributed by atoms with van der Waals surface area (Å²) in [5, 5.41) is 12.5. The second-order valence-electron chi connectivity index (χ2n) is 8.01. The van der Waals surface area contributed by atoms with Gasteiger partial charge < -0.3 is 15.3 Å². The maximum Gasteiger partial charge on any atom is 0.407 e. The maximum absolute atomic E-state index is 13.0. The molecule has 2 bridgehead atoms. The van der Waals surface area contributed by atoms with Crippen LogP contribution >= 0.6 is 0 Å². The SMILES string of the molecule is O=C(N[C@@H]1CCCN(C2CC3CCC(C2)N3C(=O)O)C1)c1ccc(F)cc1. The third-order valence-electron chi connectivity index (χ3n) is 6.34. The first-order valence-electron chi connectivity index (χ1n) is 9.83. The van der Waals surface area contributed by atoms with Gasteiger partial charge in [0.1, 0.15) is 5.82 Å². The molecule has 3 atom stereocenters. The second-order valence-corrected chi connectivity index (χ2v) is 8.01. The van der Waals surface area contributed by atoms with Gasteiger partial charge in [0.15, 0.2) is 0 Å². The Labute approximate surface area is 158 Å². The Bertz CT molecular complexity index is 697. The van der Waals surface area contributed by atoms with Crippen molar-refractivity contribution in [3.8, 4) is 0 Å². The number of nitrogens with one attached hydrogen (secondary N) is 1. The van der Waals surface area contributed by atoms with Gasteiger partial charge in [-0.05, 0) is 69.3 Å². The summed E-state index contributed by atoms with van der Waals surface area (Å²) in [6.07, 6.45) is 4.87. The largest absolute Gasteiger partial charge is 0.465 e. The number of carbonyl (C=O) groups is 2. The van der Waals surface area contributed by atoms with Crippen molar-refractivity contribution >= 4 is 12.0 Å². The lowest BCUT2D eigenvalue weighted by atomic mass is 9.93. The van der Waals surface area contributed by atoms with E-state index in [1.807, 2.05) is 0 Å². The highest BCUT2D eigenvalue weighted by atomic mass is 19.1. The molecule has 3 heterocycles. The standard InChI is InChI=1S/C20H26FN3O3/c21-14-5-3-13(4-6-14)19(25)22-15-2-1-9-23(12-15)18-10-16-7-8-17(11-18)24(16)20(26)27/h3-6,15-18H,1-2,7-12H2,(H,22,25)(H,26,27)/t15-,16?,17?,18?/m1/s1. The highest BCUT2D eigenvalue weighted by Gasteiger charge is 2.45. The smallest absolute Gasteiger partial charge is 0.407 e. The number of carbonyl (C=O) groups excluding carboxylic acids is 1. The zero-order chi connectivity index (χ0) is 19.0. The normalized spacial score (nSPS) is 30.9. The predicted molar refractivity (Wildman–Crippen MR) is 98.2 cm³/mol. The Morgan fingerprint density at radius 1 is 1.04 bits per heavy atom. The third kappa shape index (κ3) is 3.78. The molecule has 1 aromatic rings. The van der Waals surface area contributed by atoms with Crippen LogP contribution in [0.2, 0.25) is 0 Å². The summed E-state index contributed by atoms with van der Waals surface area (Å²) in [7, 11) is 0. The lowest BCUT2D eigenvalue weighted by molar-refractivity contribution is 0.0419. The molecule has 27 heavy (non-hydrogen) atoms. The van der Waals surface area contributed by atoms with Crippen LogP contribution < -0.4 is 5.32 Å². The molecule has 0 spiro atoms. The van der Waals surface area contributed by atoms with Crippen molar-refractivity contribution in [3.63, 3.8) is 0 Å². The number of hydrogen-bond donors (Lipinski definition) is 2. The molecular weight excluding hydrogens is 349 g/mol. The van der Waals surface area contributed by atoms with Gasteiger partial charge in [0.25, 0.3) is 5.91 Å². The summed E-state index contributed by atoms with van der Waals surface area (Å²) in [5.41, 5.74) is 0.473. The fourth-order valence-electron chi connectivity index (χ4n) is 5.08. The maximum atomic E-state index is 13.0. The minimum Gasteiger partial charge on any atom is -0.465 e. The Morgan fingerprint density at radius 2 is 1.70 bits per heavy atom. The number of piperidine rings is 2. The number of likely N-dealkylation sites (tertiary alicyclic amines) is 1. The van der Waals surface area contributed by atoms with Gasteiger partial charge in [-0.3, -0.25) is 9.69 Å². The van der Waals surface area contributed by atoms with E-state index in [2.05, 4.69) is 10.2 Å². The van der Waals surface area contributed by atoms with Crippen molar-refractivity contribution in [2.75, 3.05) is 13.1 Å². The van der Waals surface area contributed by atoms with Crippen LogP contribution in [0.1, 0.15) is 48.9 Å². The molecule has 0 aliphatic carbocycles. The van der Waals surface area contributed by atoms with Crippen molar-refractivity contribution in [2.45, 2.75) is 62.7 Å². The number of nitrogens with zero attached hydrogens (tertiary/aromatic N) is 2. The van der Waals surface area contributed by atoms with Crippen LogP contribution in [0.25, 0.3) is 0 Å². The molecule has 2 N–H and O–H groups in total. The number of hydrogen-bond acceptors (Lipinski definition) is 3. The van der Waals surface area contributed by atoms with E-state index in [4.69, 9.17) is 0 Å². The second kappa shape index (κ2) is 7.46. The first-order chi connectivity index (χ1) is 13.0. The van der Waals surface area contributed by atoms with Crippen molar-refractivity contribution in [3.05, 3.63) is 35.6 Å². The van der Waals surface area contributed by atoms with Crippen LogP contribution in [0.15, 0.2) is 24.3 Å². The quantitative estimate of drug-likeness (QED) is 0.852. The van der Waals surface area contributed by atoms with E-state index in [-0.39, 0.29) is 29.8 Å². The molecule has 0 radical (unpaired) electrons. The van der Waals surface area contributed by atoms with Crippen LogP contribution in [0.3, 0.4) is 0 Å². The number of benzene rings is 1. The minimum absolute atomic E-state index is 0.0754. The van der Waals surface area contributed by atoms with Gasteiger partial charge in [-0.15, -0.1) is 0 Å². The predicted octanol–water partition coefficient (Wildman–Crippen LogP) is 2.69. The molecule has 0 aromatic heterocycles. The zero-order valence-corrected chi connectivity index (χ0v) is 15.3. The Morgan fingerprint density at radius 3 is 2.33 bits per heavy atom. The third-order valence-corrected chi connectivity index (χ3v) is 6.34. The van der Waals surface area contributed by atoms with Gasteiger partial charge in [0.2, 0.25) is 0 Å². The first kappa shape index (κ1) is 18.2. The van der Waals surface area contributed by atoms with Crippen molar-refractivity contribution < 1.29 is 19.1 Å². The summed E-state index contributed by atoms with van der Waals surface area (Å²) in [6, 6.07) is 6.35. The number of fused-ring (bicyclic) bond motifs is 2. The molecular formula is C20H26FN3O3. The van der Waals surface area contributed by atoms with Gasteiger partial charge in [-0.1, -0.05) is 0 Å². The molecule has 3 aliphatic heterocycles. The van der Waals surface area contributed by atoms with Crippen LogP contribution in [-0.2, 0) is 0 Å². The van der Waals surface area contributed by atoms with Gasteiger partial charge in [0.05, 0.1) is 0 Å². The highest BCUT2D eigenvalue weighted by Crippen LogP contribution is 2.38. The van der Waals surface area contributed by atoms with Gasteiger partial charge >= 0.3 is 6.09 Å². The fraction of sp³-hybridized carbons (Fsp3) is 0.600. The van der Waals surface area contributed by atoms with Crippen molar-refractivity contribution in [1.29, 1.82) is 0 Å². The van der Waals surface area contributed by atoms with E-state index in [9.17, 15) is 19.1 Å². The van der Waals surface area contributed by atoms with E-state index >= 15 is 0 Å². The Balaban J connectivity index is 1.35. The zero-order valence-electron chi connectivity index (χ0n) is 15.3. The van der Waals surface area contributed by atoms with E-state index in [0.717, 1.165) is 51.6 Å². The first-order valence-corrected chi connectivity index (χ1v) is 9.83. The van der Waals surface area contributed by atoms with Gasteiger partial charge in [0, 0.05) is 36.3 Å². The fourth-order valence-corrected chi connectivity index (χ4v) is 5.08. The highest BCUT2D eigenvalue weighted by molar-refractivity contribution is 5.94. The summed E-state index contributed by atoms with van der Waals surface area (Å²) in [5.74, 6) is -0.514. The lowest BCUT2D eigenvalue weighted by Crippen LogP contribution is -2.56. The average Bonchev–Trinajstić information content (AvgIpc) is 2.93. The molecule has 3 fully saturated rings. The summed E-state index contributed by atoms with van der Waals surface area (Å²) in [4.78, 5) is 28.0. The van der Waals surface area contributed by atoms with E-state index in [1.165, 1.54) is 24.3 Å². The Kier molecular flexibility index (Phi) is 5.04. The number of amides is 2. The molecule has 6 nitrogen and oxygen atoms in total. The molecule has 2 amide bonds. The number of halogens is 1. The van der Waals surface area contributed by atoms with E-state index < -0.39 is 6.09 Å². The molecule has 7 heteroatoms. The lowest BCUT2D eigenvalue weighted by Gasteiger charge is -2.45. The van der Waals surface area contributed by atoms with Crippen molar-refractivity contribution in [1.82, 2.24) is 15.1 Å². The number of rotatable bonds is 3. The summed E-state index contributed by atoms with van der Waals surface area (Å²) in [6.45, 7) is 1.80. The van der Waals surface area contributed by atoms with Gasteiger partial charge in [-0.25, -0.2) is 9.18 Å². The van der Waals surface area contributed by atoms with Crippen LogP contribution in [0, 0.1) is 5.82 Å². The van der Waals surface area contributed by atoms with E-state index in [1.54, 1.807) is 4.90 Å². The minimum atomic E-state index is -0.788. The molecule has 146 valence electrons.